The third kappa shape index (κ3) is 7.47. The molecule has 15 heteroatoms. The van der Waals surface area contributed by atoms with Crippen molar-refractivity contribution < 1.29 is 32.3 Å². The van der Waals surface area contributed by atoms with E-state index in [0.717, 1.165) is 35.2 Å². The number of nitrogens with one attached hydrogen (secondary N) is 3. The van der Waals surface area contributed by atoms with Crippen LogP contribution in [-0.4, -0.2) is 84.6 Å². The molecule has 0 saturated heterocycles. The van der Waals surface area contributed by atoms with Crippen LogP contribution >= 0.6 is 11.3 Å². The van der Waals surface area contributed by atoms with E-state index in [-0.39, 0.29) is 37.1 Å². The van der Waals surface area contributed by atoms with Crippen LogP contribution in [0.5, 0.6) is 11.6 Å². The lowest BCUT2D eigenvalue weighted by atomic mass is 9.93. The minimum atomic E-state index is -3.83. The van der Waals surface area contributed by atoms with Gasteiger partial charge in [0, 0.05) is 36.3 Å². The van der Waals surface area contributed by atoms with Crippen LogP contribution in [-0.2, 0) is 24.4 Å². The van der Waals surface area contributed by atoms with Crippen molar-refractivity contribution in [2.75, 3.05) is 26.0 Å². The molecule has 1 aliphatic heterocycles. The Bertz CT molecular complexity index is 2010. The zero-order chi connectivity index (χ0) is 36.8. The molecule has 3 saturated carbocycles. The van der Waals surface area contributed by atoms with E-state index in [9.17, 15) is 22.8 Å². The van der Waals surface area contributed by atoms with E-state index in [2.05, 4.69) is 15.4 Å². The molecule has 3 heterocycles. The highest BCUT2D eigenvalue weighted by Gasteiger charge is 2.62. The highest BCUT2D eigenvalue weighted by Crippen LogP contribution is 2.47. The van der Waals surface area contributed by atoms with Crippen molar-refractivity contribution in [1.82, 2.24) is 24.9 Å². The number of nitrogens with zero attached hydrogens (tertiary/aromatic N) is 3. The number of hydrogen-bond donors (Lipinski definition) is 3. The number of pyridine rings is 1. The predicted molar refractivity (Wildman–Crippen MR) is 198 cm³/mol. The Morgan fingerprint density at radius 2 is 1.88 bits per heavy atom. The highest BCUT2D eigenvalue weighted by molar-refractivity contribution is 7.91. The summed E-state index contributed by atoms with van der Waals surface area (Å²) in [6, 6.07) is 7.76. The molecule has 3 N–H and O–H groups in total. The molecule has 1 aromatic carbocycles. The monoisotopic (exact) mass is 750 g/mol. The summed E-state index contributed by atoms with van der Waals surface area (Å²) in [5.74, 6) is -2.20. The minimum absolute atomic E-state index is 0.162. The summed E-state index contributed by atoms with van der Waals surface area (Å²) in [4.78, 5) is 53.2. The van der Waals surface area contributed by atoms with Gasteiger partial charge in [0.05, 0.1) is 29.9 Å². The van der Waals surface area contributed by atoms with Crippen molar-refractivity contribution in [3.05, 3.63) is 41.8 Å². The molecule has 13 nitrogen and oxygen atoms in total. The van der Waals surface area contributed by atoms with Crippen LogP contribution in [0, 0.1) is 17.8 Å². The summed E-state index contributed by atoms with van der Waals surface area (Å²) in [6.45, 7) is 4.64. The Morgan fingerprint density at radius 3 is 2.63 bits per heavy atom. The molecule has 3 fully saturated rings. The number of fused-ring (bicyclic) bond motifs is 3. The first-order valence-electron chi connectivity index (χ1n) is 18.0. The smallest absolute Gasteiger partial charge is 0.259 e. The maximum atomic E-state index is 14.2. The Balaban J connectivity index is 1.19. The molecule has 3 aromatic rings. The van der Waals surface area contributed by atoms with Crippen molar-refractivity contribution in [2.24, 2.45) is 17.8 Å². The lowest BCUT2D eigenvalue weighted by Gasteiger charge is -2.26. The van der Waals surface area contributed by atoms with Gasteiger partial charge >= 0.3 is 0 Å². The number of carbonyl (C=O) groups excluding carboxylic acids is 3. The van der Waals surface area contributed by atoms with Crippen molar-refractivity contribution in [1.29, 1.82) is 0 Å². The number of thiazole rings is 1. The number of hydrogen-bond acceptors (Lipinski definition) is 11. The lowest BCUT2D eigenvalue weighted by Crippen LogP contribution is -2.54. The fraction of sp³-hybridized carbons (Fsp3) is 0.541. The summed E-state index contributed by atoms with van der Waals surface area (Å²) in [5, 5.41) is 9.97. The average molecular weight is 751 g/mol. The number of benzene rings is 1. The van der Waals surface area contributed by atoms with Gasteiger partial charge < -0.3 is 25.0 Å². The number of methoxy groups -OCH3 is 1. The molecule has 3 amide bonds. The van der Waals surface area contributed by atoms with Gasteiger partial charge in [0.15, 0.2) is 5.13 Å². The summed E-state index contributed by atoms with van der Waals surface area (Å²) in [6.07, 6.45) is 7.47. The number of rotatable bonds is 9. The molecule has 0 bridgehead atoms. The van der Waals surface area contributed by atoms with Crippen molar-refractivity contribution >= 4 is 55.0 Å². The van der Waals surface area contributed by atoms with E-state index in [1.807, 2.05) is 55.6 Å². The second-order valence-electron chi connectivity index (χ2n) is 14.8. The Morgan fingerprint density at radius 1 is 1.10 bits per heavy atom. The van der Waals surface area contributed by atoms with Gasteiger partial charge in [0.1, 0.15) is 23.1 Å². The third-order valence-electron chi connectivity index (χ3n) is 10.5. The number of allylic oxidation sites excluding steroid dienone is 1. The summed E-state index contributed by atoms with van der Waals surface area (Å²) in [5.41, 5.74) is -0.116. The van der Waals surface area contributed by atoms with E-state index in [1.165, 1.54) is 11.3 Å². The number of aromatic nitrogens is 2. The molecule has 7 rings (SSSR count). The Kier molecular flexibility index (Phi) is 9.93. The molecule has 0 unspecified atom stereocenters. The molecule has 0 spiro atoms. The first-order valence-corrected chi connectivity index (χ1v) is 20.5. The fourth-order valence-electron chi connectivity index (χ4n) is 7.31. The SMILES string of the molecule is COc1ccc2c(O[C@@H]3C[C@H]4C(=O)N[C@]5(C(=O)NS(=O)(=O)C6CC6)C[C@H]5C=CCCCCN(C)C(=O)[C@@H]4C3)nc(-c3csc(NC(C)C)n3)cc2c1. The molecule has 52 heavy (non-hydrogen) atoms. The fourth-order valence-corrected chi connectivity index (χ4v) is 9.52. The molecule has 2 aromatic heterocycles. The van der Waals surface area contributed by atoms with Crippen LogP contribution in [0.2, 0.25) is 0 Å². The van der Waals surface area contributed by atoms with Gasteiger partial charge in [-0.15, -0.1) is 11.3 Å². The Hall–Kier alpha value is -4.24. The standard InChI is InChI=1S/C37H46N6O7S2/c1-21(2)38-36-40-31(20-51-36)30-16-22-15-24(49-4)10-13-27(22)33(39-30)50-25-17-28-29(18-25)34(45)43(3)14-8-6-5-7-9-23-19-37(23,41-32(28)44)35(46)42-52(47,48)26-11-12-26/h7,9-10,13,15-16,20-21,23,25-26,28-29H,5-6,8,11-12,14,17-19H2,1-4H3,(H,38,40)(H,41,44)(H,42,46)/t23-,25-,28-,29-,37-/m1/s1. The number of ether oxygens (including phenoxy) is 2. The van der Waals surface area contributed by atoms with Crippen LogP contribution in [0.4, 0.5) is 5.13 Å². The quantitative estimate of drug-likeness (QED) is 0.262. The molecule has 5 atom stereocenters. The first-order chi connectivity index (χ1) is 24.9. The van der Waals surface area contributed by atoms with E-state index < -0.39 is 50.6 Å². The average Bonchev–Trinajstić information content (AvgIpc) is 3.99. The van der Waals surface area contributed by atoms with E-state index in [0.29, 0.717) is 42.4 Å². The first kappa shape index (κ1) is 36.1. The zero-order valence-corrected chi connectivity index (χ0v) is 31.5. The molecule has 4 aliphatic rings. The molecule has 3 aliphatic carbocycles. The van der Waals surface area contributed by atoms with Gasteiger partial charge in [-0.05, 0) is 94.9 Å². The summed E-state index contributed by atoms with van der Waals surface area (Å²) >= 11 is 1.48. The van der Waals surface area contributed by atoms with Crippen LogP contribution in [0.3, 0.4) is 0 Å². The van der Waals surface area contributed by atoms with Crippen LogP contribution in [0.25, 0.3) is 22.2 Å². The van der Waals surface area contributed by atoms with Crippen molar-refractivity contribution in [2.45, 2.75) is 88.1 Å². The van der Waals surface area contributed by atoms with Gasteiger partial charge in [0.25, 0.3) is 5.91 Å². The molecular weight excluding hydrogens is 705 g/mol. The molecule has 278 valence electrons. The van der Waals surface area contributed by atoms with Gasteiger partial charge in [0.2, 0.25) is 27.7 Å². The largest absolute Gasteiger partial charge is 0.497 e. The third-order valence-corrected chi connectivity index (χ3v) is 13.0. The summed E-state index contributed by atoms with van der Waals surface area (Å²) < 4.78 is 39.9. The maximum Gasteiger partial charge on any atom is 0.259 e. The molecule has 0 radical (unpaired) electrons. The number of amides is 3. The normalized spacial score (nSPS) is 26.7. The van der Waals surface area contributed by atoms with Gasteiger partial charge in [-0.1, -0.05) is 12.2 Å². The second kappa shape index (κ2) is 14.3. The van der Waals surface area contributed by atoms with Crippen LogP contribution in [0.15, 0.2) is 41.8 Å². The van der Waals surface area contributed by atoms with Gasteiger partial charge in [-0.2, -0.15) is 0 Å². The van der Waals surface area contributed by atoms with Crippen LogP contribution in [0.1, 0.15) is 65.2 Å². The van der Waals surface area contributed by atoms with Crippen LogP contribution < -0.4 is 24.8 Å². The number of sulfonamides is 1. The predicted octanol–water partition coefficient (Wildman–Crippen LogP) is 4.64. The number of anilines is 1. The van der Waals surface area contributed by atoms with E-state index in [4.69, 9.17) is 19.4 Å². The van der Waals surface area contributed by atoms with Gasteiger partial charge in [-0.3, -0.25) is 19.1 Å². The Labute approximate surface area is 308 Å². The molecular formula is C37H46N6O7S2. The van der Waals surface area contributed by atoms with Crippen molar-refractivity contribution in [3.63, 3.8) is 0 Å². The van der Waals surface area contributed by atoms with Gasteiger partial charge in [-0.25, -0.2) is 18.4 Å². The lowest BCUT2D eigenvalue weighted by molar-refractivity contribution is -0.140. The second-order valence-corrected chi connectivity index (χ2v) is 17.6. The van der Waals surface area contributed by atoms with Crippen molar-refractivity contribution in [3.8, 4) is 23.0 Å². The van der Waals surface area contributed by atoms with E-state index >= 15 is 0 Å². The summed E-state index contributed by atoms with van der Waals surface area (Å²) in [7, 11) is -0.472. The topological polar surface area (TPSA) is 169 Å². The minimum Gasteiger partial charge on any atom is -0.497 e. The number of carbonyl (C=O) groups is 3. The zero-order valence-electron chi connectivity index (χ0n) is 29.9. The highest BCUT2D eigenvalue weighted by atomic mass is 32.2. The van der Waals surface area contributed by atoms with E-state index in [1.54, 1.807) is 19.1 Å². The maximum absolute atomic E-state index is 14.2.